The standard InChI is InChI=1S/C15H19N3OS/c1-17-9-11-18(12-10-17)15(20)16-14(19)8-7-13-5-3-2-4-6-13/h2-8H,9-12H2,1H3,(H,16,19,20)/b8-7-. The van der Waals surface area contributed by atoms with Crippen molar-refractivity contribution in [3.63, 3.8) is 0 Å². The Morgan fingerprint density at radius 3 is 2.50 bits per heavy atom. The van der Waals surface area contributed by atoms with E-state index in [1.807, 2.05) is 35.2 Å². The first kappa shape index (κ1) is 14.7. The van der Waals surface area contributed by atoms with Crippen molar-refractivity contribution in [2.75, 3.05) is 33.2 Å². The third-order valence-corrected chi connectivity index (χ3v) is 3.61. The van der Waals surface area contributed by atoms with E-state index < -0.39 is 0 Å². The van der Waals surface area contributed by atoms with Crippen molar-refractivity contribution in [1.82, 2.24) is 15.1 Å². The summed E-state index contributed by atoms with van der Waals surface area (Å²) in [4.78, 5) is 16.1. The van der Waals surface area contributed by atoms with Gasteiger partial charge in [0.25, 0.3) is 0 Å². The third kappa shape index (κ3) is 4.43. The van der Waals surface area contributed by atoms with Crippen molar-refractivity contribution in [2.45, 2.75) is 0 Å². The first-order valence-electron chi connectivity index (χ1n) is 6.67. The van der Waals surface area contributed by atoms with Gasteiger partial charge >= 0.3 is 0 Å². The van der Waals surface area contributed by atoms with Crippen molar-refractivity contribution in [2.24, 2.45) is 0 Å². The first-order chi connectivity index (χ1) is 9.65. The van der Waals surface area contributed by atoms with Crippen molar-refractivity contribution >= 4 is 29.3 Å². The molecule has 2 rings (SSSR count). The Morgan fingerprint density at radius 1 is 1.20 bits per heavy atom. The molecule has 5 heteroatoms. The van der Waals surface area contributed by atoms with Gasteiger partial charge in [-0.05, 0) is 30.9 Å². The van der Waals surface area contributed by atoms with Crippen LogP contribution >= 0.6 is 12.2 Å². The minimum Gasteiger partial charge on any atom is -0.346 e. The summed E-state index contributed by atoms with van der Waals surface area (Å²) in [5.41, 5.74) is 0.994. The van der Waals surface area contributed by atoms with E-state index in [0.717, 1.165) is 31.7 Å². The zero-order valence-electron chi connectivity index (χ0n) is 11.6. The summed E-state index contributed by atoms with van der Waals surface area (Å²) in [6.07, 6.45) is 3.29. The fraction of sp³-hybridized carbons (Fsp3) is 0.333. The highest BCUT2D eigenvalue weighted by Gasteiger charge is 2.16. The van der Waals surface area contributed by atoms with Gasteiger partial charge < -0.3 is 9.80 Å². The Labute approximate surface area is 125 Å². The molecule has 1 aliphatic heterocycles. The van der Waals surface area contributed by atoms with Crippen molar-refractivity contribution in [1.29, 1.82) is 0 Å². The SMILES string of the molecule is CN1CCN(C(=S)NC(=O)/C=C\c2ccccc2)CC1. The average molecular weight is 289 g/mol. The number of carbonyl (C=O) groups is 1. The van der Waals surface area contributed by atoms with Gasteiger partial charge in [0.15, 0.2) is 5.11 Å². The molecule has 0 bridgehead atoms. The summed E-state index contributed by atoms with van der Waals surface area (Å²) in [6, 6.07) is 9.71. The molecule has 0 atom stereocenters. The van der Waals surface area contributed by atoms with Gasteiger partial charge in [-0.15, -0.1) is 0 Å². The van der Waals surface area contributed by atoms with E-state index >= 15 is 0 Å². The number of hydrogen-bond acceptors (Lipinski definition) is 3. The number of rotatable bonds is 2. The second-order valence-corrected chi connectivity index (χ2v) is 5.22. The number of piperazine rings is 1. The van der Waals surface area contributed by atoms with Gasteiger partial charge in [0.2, 0.25) is 5.91 Å². The largest absolute Gasteiger partial charge is 0.346 e. The maximum absolute atomic E-state index is 11.8. The zero-order valence-corrected chi connectivity index (χ0v) is 12.4. The number of nitrogens with zero attached hydrogens (tertiary/aromatic N) is 2. The van der Waals surface area contributed by atoms with Gasteiger partial charge in [0.1, 0.15) is 0 Å². The van der Waals surface area contributed by atoms with Crippen LogP contribution in [0.15, 0.2) is 36.4 Å². The Balaban J connectivity index is 1.82. The second-order valence-electron chi connectivity index (χ2n) is 4.83. The van der Waals surface area contributed by atoms with Gasteiger partial charge in [-0.2, -0.15) is 0 Å². The first-order valence-corrected chi connectivity index (χ1v) is 7.07. The van der Waals surface area contributed by atoms with Crippen LogP contribution in [0.5, 0.6) is 0 Å². The van der Waals surface area contributed by atoms with Gasteiger partial charge in [-0.3, -0.25) is 10.1 Å². The highest BCUT2D eigenvalue weighted by atomic mass is 32.1. The minimum atomic E-state index is -0.183. The highest BCUT2D eigenvalue weighted by molar-refractivity contribution is 7.80. The average Bonchev–Trinajstić information content (AvgIpc) is 2.47. The van der Waals surface area contributed by atoms with E-state index in [-0.39, 0.29) is 5.91 Å². The summed E-state index contributed by atoms with van der Waals surface area (Å²) >= 11 is 5.26. The molecule has 1 fully saturated rings. The van der Waals surface area contributed by atoms with Crippen LogP contribution in [0.2, 0.25) is 0 Å². The number of thiocarbonyl (C=S) groups is 1. The monoisotopic (exact) mass is 289 g/mol. The molecule has 0 spiro atoms. The summed E-state index contributed by atoms with van der Waals surface area (Å²) in [7, 11) is 2.08. The van der Waals surface area contributed by atoms with E-state index in [2.05, 4.69) is 17.3 Å². The van der Waals surface area contributed by atoms with E-state index in [9.17, 15) is 4.79 Å². The zero-order chi connectivity index (χ0) is 14.4. The Bertz CT molecular complexity index is 493. The predicted molar refractivity (Wildman–Crippen MR) is 85.3 cm³/mol. The van der Waals surface area contributed by atoms with Crippen LogP contribution in [0.25, 0.3) is 6.08 Å². The molecule has 1 amide bonds. The lowest BCUT2D eigenvalue weighted by atomic mass is 10.2. The molecule has 0 radical (unpaired) electrons. The lowest BCUT2D eigenvalue weighted by molar-refractivity contribution is -0.115. The van der Waals surface area contributed by atoms with Crippen molar-refractivity contribution in [3.8, 4) is 0 Å². The van der Waals surface area contributed by atoms with Crippen LogP contribution in [0.3, 0.4) is 0 Å². The van der Waals surface area contributed by atoms with Crippen molar-refractivity contribution in [3.05, 3.63) is 42.0 Å². The molecule has 106 valence electrons. The second kappa shape index (κ2) is 7.17. The molecule has 1 N–H and O–H groups in total. The molecule has 0 aliphatic carbocycles. The third-order valence-electron chi connectivity index (χ3n) is 3.25. The summed E-state index contributed by atoms with van der Waals surface area (Å²) in [5.74, 6) is -0.183. The molecule has 0 aromatic heterocycles. The van der Waals surface area contributed by atoms with Crippen LogP contribution in [-0.2, 0) is 4.79 Å². The Morgan fingerprint density at radius 2 is 1.85 bits per heavy atom. The highest BCUT2D eigenvalue weighted by Crippen LogP contribution is 2.02. The van der Waals surface area contributed by atoms with Crippen LogP contribution < -0.4 is 5.32 Å². The number of amides is 1. The Hall–Kier alpha value is -1.72. The fourth-order valence-corrected chi connectivity index (χ4v) is 2.25. The van der Waals surface area contributed by atoms with E-state index in [1.54, 1.807) is 6.08 Å². The molecule has 20 heavy (non-hydrogen) atoms. The molecule has 0 unspecified atom stereocenters. The van der Waals surface area contributed by atoms with Crippen LogP contribution in [0.4, 0.5) is 0 Å². The lowest BCUT2D eigenvalue weighted by Gasteiger charge is -2.33. The molecule has 1 aromatic carbocycles. The fourth-order valence-electron chi connectivity index (χ4n) is 1.97. The molecular formula is C15H19N3OS. The van der Waals surface area contributed by atoms with Gasteiger partial charge in [0.05, 0.1) is 0 Å². The normalized spacial score (nSPS) is 16.4. The molecular weight excluding hydrogens is 270 g/mol. The quantitative estimate of drug-likeness (QED) is 0.658. The molecule has 1 saturated heterocycles. The number of hydrogen-bond donors (Lipinski definition) is 1. The van der Waals surface area contributed by atoms with Crippen molar-refractivity contribution < 1.29 is 4.79 Å². The van der Waals surface area contributed by atoms with E-state index in [4.69, 9.17) is 12.2 Å². The predicted octanol–water partition coefficient (Wildman–Crippen LogP) is 1.35. The number of nitrogens with one attached hydrogen (secondary N) is 1. The molecule has 0 saturated carbocycles. The molecule has 4 nitrogen and oxygen atoms in total. The van der Waals surface area contributed by atoms with Gasteiger partial charge in [-0.1, -0.05) is 30.3 Å². The van der Waals surface area contributed by atoms with Gasteiger partial charge in [0, 0.05) is 32.3 Å². The summed E-state index contributed by atoms with van der Waals surface area (Å²) < 4.78 is 0. The lowest BCUT2D eigenvalue weighted by Crippen LogP contribution is -2.51. The van der Waals surface area contributed by atoms with Crippen LogP contribution in [-0.4, -0.2) is 54.0 Å². The summed E-state index contributed by atoms with van der Waals surface area (Å²) in [6.45, 7) is 3.65. The number of benzene rings is 1. The molecule has 1 aliphatic rings. The minimum absolute atomic E-state index is 0.183. The Kier molecular flexibility index (Phi) is 5.26. The number of likely N-dealkylation sites (N-methyl/N-ethyl adjacent to an activating group) is 1. The maximum atomic E-state index is 11.8. The maximum Gasteiger partial charge on any atom is 0.250 e. The molecule has 1 heterocycles. The van der Waals surface area contributed by atoms with Gasteiger partial charge in [-0.25, -0.2) is 0 Å². The molecule has 1 aromatic rings. The summed E-state index contributed by atoms with van der Waals surface area (Å²) in [5, 5.41) is 3.26. The topological polar surface area (TPSA) is 35.6 Å². The number of carbonyl (C=O) groups excluding carboxylic acids is 1. The van der Waals surface area contributed by atoms with Crippen LogP contribution in [0, 0.1) is 0 Å². The smallest absolute Gasteiger partial charge is 0.250 e. The van der Waals surface area contributed by atoms with E-state index in [1.165, 1.54) is 6.08 Å². The van der Waals surface area contributed by atoms with Crippen LogP contribution in [0.1, 0.15) is 5.56 Å². The van der Waals surface area contributed by atoms with E-state index in [0.29, 0.717) is 5.11 Å².